The summed E-state index contributed by atoms with van der Waals surface area (Å²) in [5, 5.41) is 5.14. The van der Waals surface area contributed by atoms with Crippen LogP contribution in [0, 0.1) is 5.41 Å². The van der Waals surface area contributed by atoms with E-state index in [0.29, 0.717) is 18.7 Å². The van der Waals surface area contributed by atoms with Crippen molar-refractivity contribution >= 4 is 32.0 Å². The van der Waals surface area contributed by atoms with Crippen LogP contribution in [-0.2, 0) is 12.4 Å². The molecule has 0 aliphatic rings. The molecule has 0 aliphatic heterocycles. The highest BCUT2D eigenvalue weighted by atomic mass is 32.1. The minimum absolute atomic E-state index is 0.0586. The van der Waals surface area contributed by atoms with E-state index < -0.39 is 29.2 Å². The Hall–Kier alpha value is -1.41. The monoisotopic (exact) mass is 417 g/mol. The maximum atomic E-state index is 12.9. The number of alkyl halides is 6. The number of benzene rings is 1. The van der Waals surface area contributed by atoms with Gasteiger partial charge >= 0.3 is 12.4 Å². The molecule has 0 saturated heterocycles. The van der Waals surface area contributed by atoms with E-state index in [4.69, 9.17) is 12.2 Å². The van der Waals surface area contributed by atoms with E-state index in [1.54, 1.807) is 0 Å². The van der Waals surface area contributed by atoms with Crippen molar-refractivity contribution in [2.45, 2.75) is 39.2 Å². The molecule has 11 heteroatoms. The van der Waals surface area contributed by atoms with Gasteiger partial charge in [-0.05, 0) is 44.9 Å². The summed E-state index contributed by atoms with van der Waals surface area (Å²) in [5.74, 6) is 0. The second kappa shape index (κ2) is 8.08. The molecule has 0 aliphatic carbocycles. The second-order valence-corrected chi connectivity index (χ2v) is 7.38. The van der Waals surface area contributed by atoms with Gasteiger partial charge in [-0.25, -0.2) is 0 Å². The van der Waals surface area contributed by atoms with Gasteiger partial charge in [0.05, 0.1) is 23.7 Å². The van der Waals surface area contributed by atoms with Crippen LogP contribution in [-0.4, -0.2) is 17.7 Å². The minimum Gasteiger partial charge on any atom is -0.357 e. The zero-order valence-corrected chi connectivity index (χ0v) is 16.0. The highest BCUT2D eigenvalue weighted by Crippen LogP contribution is 2.37. The Kier molecular flexibility index (Phi) is 7.04. The van der Waals surface area contributed by atoms with Crippen LogP contribution in [0.2, 0.25) is 0 Å². The average Bonchev–Trinajstić information content (AvgIpc) is 2.43. The first-order valence-electron chi connectivity index (χ1n) is 7.35. The summed E-state index contributed by atoms with van der Waals surface area (Å²) in [6, 6.07) is 0.907. The molecule has 0 saturated carbocycles. The summed E-state index contributed by atoms with van der Waals surface area (Å²) in [4.78, 5) is 0. The second-order valence-electron chi connectivity index (χ2n) is 6.65. The molecule has 0 spiro atoms. The number of nitrogens with zero attached hydrogens (tertiary/aromatic N) is 1. The number of nitrogens with one attached hydrogen (secondary N) is 2. The summed E-state index contributed by atoms with van der Waals surface area (Å²) >= 11 is 5.03. The molecule has 0 fully saturated rings. The third-order valence-corrected chi connectivity index (χ3v) is 3.87. The zero-order valence-electron chi connectivity index (χ0n) is 14.1. The van der Waals surface area contributed by atoms with Crippen LogP contribution in [0.15, 0.2) is 22.9 Å². The molecule has 0 heterocycles. The van der Waals surface area contributed by atoms with Crippen molar-refractivity contribution in [2.75, 3.05) is 11.9 Å². The van der Waals surface area contributed by atoms with Gasteiger partial charge in [-0.2, -0.15) is 26.3 Å². The fraction of sp³-hybridized carbons (Fsp3) is 0.533. The Bertz CT molecular complexity index is 635. The molecule has 1 rings (SSSR count). The van der Waals surface area contributed by atoms with Gasteiger partial charge in [0.25, 0.3) is 0 Å². The summed E-state index contributed by atoms with van der Waals surface area (Å²) in [5.41, 5.74) is -3.56. The lowest BCUT2D eigenvalue weighted by molar-refractivity contribution is -0.143. The van der Waals surface area contributed by atoms with Crippen LogP contribution in [0.25, 0.3) is 0 Å². The Morgan fingerprint density at radius 1 is 1.04 bits per heavy atom. The van der Waals surface area contributed by atoms with Gasteiger partial charge in [-0.15, -0.1) is 0 Å². The molecule has 26 heavy (non-hydrogen) atoms. The molecule has 1 atom stereocenters. The van der Waals surface area contributed by atoms with Crippen molar-refractivity contribution in [3.63, 3.8) is 0 Å². The average molecular weight is 417 g/mol. The number of anilines is 1. The van der Waals surface area contributed by atoms with E-state index in [1.807, 2.05) is 20.8 Å². The number of halogens is 6. The van der Waals surface area contributed by atoms with Gasteiger partial charge < -0.3 is 10.6 Å². The molecule has 146 valence electrons. The smallest absolute Gasteiger partial charge is 0.357 e. The maximum Gasteiger partial charge on any atom is 0.416 e. The molecule has 1 aromatic rings. The lowest BCUT2D eigenvalue weighted by atomic mass is 9.87. The lowest BCUT2D eigenvalue weighted by Gasteiger charge is -2.31. The Balaban J connectivity index is 3.11. The summed E-state index contributed by atoms with van der Waals surface area (Å²) in [7, 11) is 2.98. The lowest BCUT2D eigenvalue weighted by Crippen LogP contribution is -2.47. The normalized spacial score (nSPS) is 13.9. The minimum atomic E-state index is -4.92. The zero-order chi connectivity index (χ0) is 20.3. The SMILES string of the molecule is CC(C)(C)[C@@H](CN=P)NC(=S)Nc1cc(C(F)(F)F)cc(C(F)(F)F)c1. The molecule has 0 amide bonds. The predicted octanol–water partition coefficient (Wildman–Crippen LogP) is 5.75. The first kappa shape index (κ1) is 22.6. The van der Waals surface area contributed by atoms with Gasteiger partial charge in [-0.3, -0.25) is 4.74 Å². The molecular weight excluding hydrogens is 399 g/mol. The molecule has 0 unspecified atom stereocenters. The molecular formula is C15H18F6N3PS. The number of thiocarbonyl (C=S) groups is 1. The van der Waals surface area contributed by atoms with E-state index in [2.05, 4.69) is 24.4 Å². The van der Waals surface area contributed by atoms with Crippen molar-refractivity contribution in [1.82, 2.24) is 5.32 Å². The van der Waals surface area contributed by atoms with E-state index in [1.165, 1.54) is 0 Å². The topological polar surface area (TPSA) is 36.4 Å². The van der Waals surface area contributed by atoms with E-state index in [-0.39, 0.29) is 22.6 Å². The largest absolute Gasteiger partial charge is 0.416 e. The Morgan fingerprint density at radius 2 is 1.50 bits per heavy atom. The summed E-state index contributed by atoms with van der Waals surface area (Å²) < 4.78 is 81.1. The quantitative estimate of drug-likeness (QED) is 0.372. The summed E-state index contributed by atoms with van der Waals surface area (Å²) in [6.45, 7) is 5.95. The standard InChI is InChI=1S/C15H18F6N3PS/c1-13(2,3)11(7-22-25)24-12(26)23-10-5-8(14(16,17)18)4-9(6-10)15(19,20)21/h4-6,11,25H,7H2,1-3H3,(H2,23,24,26)/t11-/m1/s1. The van der Waals surface area contributed by atoms with Crippen LogP contribution in [0.1, 0.15) is 31.9 Å². The van der Waals surface area contributed by atoms with Gasteiger partial charge in [0, 0.05) is 5.69 Å². The van der Waals surface area contributed by atoms with Crippen molar-refractivity contribution in [1.29, 1.82) is 0 Å². The molecule has 2 N–H and O–H groups in total. The van der Waals surface area contributed by atoms with Crippen LogP contribution in [0.3, 0.4) is 0 Å². The number of rotatable bonds is 4. The van der Waals surface area contributed by atoms with Gasteiger partial charge in [-0.1, -0.05) is 20.8 Å². The fourth-order valence-corrected chi connectivity index (χ4v) is 2.42. The van der Waals surface area contributed by atoms with Crippen LogP contribution < -0.4 is 10.6 Å². The third kappa shape index (κ3) is 6.72. The number of hydrogen-bond donors (Lipinski definition) is 2. The van der Waals surface area contributed by atoms with Crippen molar-refractivity contribution in [3.05, 3.63) is 29.3 Å². The molecule has 0 aromatic heterocycles. The molecule has 3 nitrogen and oxygen atoms in total. The highest BCUT2D eigenvalue weighted by Gasteiger charge is 2.37. The van der Waals surface area contributed by atoms with Gasteiger partial charge in [0.2, 0.25) is 0 Å². The van der Waals surface area contributed by atoms with Gasteiger partial charge in [0.1, 0.15) is 0 Å². The number of hydrogen-bond acceptors (Lipinski definition) is 2. The fourth-order valence-electron chi connectivity index (χ4n) is 1.98. The van der Waals surface area contributed by atoms with E-state index in [0.717, 1.165) is 0 Å². The first-order chi connectivity index (χ1) is 11.6. The van der Waals surface area contributed by atoms with Gasteiger partial charge in [0.15, 0.2) is 5.11 Å². The molecule has 1 aromatic carbocycles. The Morgan fingerprint density at radius 3 is 1.85 bits per heavy atom. The predicted molar refractivity (Wildman–Crippen MR) is 94.7 cm³/mol. The Labute approximate surface area is 154 Å². The van der Waals surface area contributed by atoms with E-state index in [9.17, 15) is 26.3 Å². The van der Waals surface area contributed by atoms with Crippen LogP contribution >= 0.6 is 21.2 Å². The van der Waals surface area contributed by atoms with Crippen molar-refractivity contribution in [2.24, 2.45) is 10.2 Å². The van der Waals surface area contributed by atoms with Crippen molar-refractivity contribution in [3.8, 4) is 0 Å². The maximum absolute atomic E-state index is 12.9. The van der Waals surface area contributed by atoms with E-state index >= 15 is 0 Å². The van der Waals surface area contributed by atoms with Crippen LogP contribution in [0.5, 0.6) is 0 Å². The molecule has 0 radical (unpaired) electrons. The summed E-state index contributed by atoms with van der Waals surface area (Å²) in [6.07, 6.45) is -9.84. The molecule has 0 bridgehead atoms. The van der Waals surface area contributed by atoms with Crippen molar-refractivity contribution < 1.29 is 26.3 Å². The van der Waals surface area contributed by atoms with Crippen LogP contribution in [0.4, 0.5) is 32.0 Å². The third-order valence-electron chi connectivity index (χ3n) is 3.47. The highest BCUT2D eigenvalue weighted by molar-refractivity contribution is 7.80. The first-order valence-corrected chi connectivity index (χ1v) is 8.20.